The van der Waals surface area contributed by atoms with Crippen molar-refractivity contribution in [3.8, 4) is 23.1 Å². The SMILES string of the molecule is CCn1c(O)c(CNC(=O)c2nc(-c3ccc(OC)c4nc(C(F)(F)F)ccc34)oc2[C@H](C)N)[nH]c1=O. The van der Waals surface area contributed by atoms with E-state index in [-0.39, 0.29) is 64.2 Å². The Labute approximate surface area is 207 Å². The van der Waals surface area contributed by atoms with Gasteiger partial charge in [-0.2, -0.15) is 13.2 Å². The topological polar surface area (TPSA) is 161 Å². The molecule has 1 aromatic carbocycles. The van der Waals surface area contributed by atoms with Crippen LogP contribution in [0.25, 0.3) is 22.4 Å². The maximum Gasteiger partial charge on any atom is 0.433 e. The smallest absolute Gasteiger partial charge is 0.433 e. The molecule has 4 rings (SSSR count). The summed E-state index contributed by atoms with van der Waals surface area (Å²) in [5.74, 6) is -0.951. The Morgan fingerprint density at radius 2 is 2.03 bits per heavy atom. The maximum atomic E-state index is 13.2. The van der Waals surface area contributed by atoms with Crippen LogP contribution in [0.5, 0.6) is 11.6 Å². The van der Waals surface area contributed by atoms with Gasteiger partial charge in [0.05, 0.1) is 25.4 Å². The monoisotopic (exact) mass is 520 g/mol. The van der Waals surface area contributed by atoms with E-state index in [0.717, 1.165) is 10.6 Å². The third-order valence-corrected chi connectivity index (χ3v) is 5.61. The molecule has 196 valence electrons. The molecule has 4 aromatic rings. The van der Waals surface area contributed by atoms with Crippen LogP contribution < -0.4 is 21.5 Å². The minimum atomic E-state index is -4.66. The number of aromatic nitrogens is 4. The molecule has 0 saturated carbocycles. The molecular formula is C23H23F3N6O5. The van der Waals surface area contributed by atoms with Gasteiger partial charge in [0.25, 0.3) is 5.91 Å². The molecule has 3 heterocycles. The molecule has 0 saturated heterocycles. The van der Waals surface area contributed by atoms with Crippen LogP contribution in [0.1, 0.15) is 47.5 Å². The largest absolute Gasteiger partial charge is 0.494 e. The first-order chi connectivity index (χ1) is 17.5. The molecule has 0 radical (unpaired) electrons. The van der Waals surface area contributed by atoms with Gasteiger partial charge in [-0.05, 0) is 38.1 Å². The number of fused-ring (bicyclic) bond motifs is 1. The second-order valence-corrected chi connectivity index (χ2v) is 8.09. The maximum absolute atomic E-state index is 13.2. The molecule has 1 amide bonds. The summed E-state index contributed by atoms with van der Waals surface area (Å²) in [7, 11) is 1.30. The Bertz CT molecular complexity index is 1540. The van der Waals surface area contributed by atoms with Gasteiger partial charge in [-0.15, -0.1) is 0 Å². The molecule has 0 bridgehead atoms. The number of nitrogens with one attached hydrogen (secondary N) is 2. The van der Waals surface area contributed by atoms with Crippen LogP contribution in [0.15, 0.2) is 33.5 Å². The van der Waals surface area contributed by atoms with Crippen LogP contribution in [0.4, 0.5) is 13.2 Å². The molecule has 0 spiro atoms. The van der Waals surface area contributed by atoms with Gasteiger partial charge in [-0.1, -0.05) is 0 Å². The van der Waals surface area contributed by atoms with Crippen LogP contribution in [0.3, 0.4) is 0 Å². The van der Waals surface area contributed by atoms with Crippen molar-refractivity contribution in [1.82, 2.24) is 24.8 Å². The molecule has 37 heavy (non-hydrogen) atoms. The summed E-state index contributed by atoms with van der Waals surface area (Å²) in [5, 5.41) is 12.9. The highest BCUT2D eigenvalue weighted by molar-refractivity contribution is 5.98. The summed E-state index contributed by atoms with van der Waals surface area (Å²) in [4.78, 5) is 35.2. The standard InChI is InChI=1S/C23H23F3N6O5/c1-4-32-21(34)13(29-22(32)35)9-28-19(33)17-18(10(2)27)37-20(31-17)12-5-7-14(36-3)16-11(12)6-8-15(30-16)23(24,25)26/h5-8,10,34H,4,9,27H2,1-3H3,(H,28,33)(H,29,35)/t10-/m0/s1. The molecular weight excluding hydrogens is 497 g/mol. The minimum absolute atomic E-state index is 0.0279. The van der Waals surface area contributed by atoms with Crippen LogP contribution in [0.2, 0.25) is 0 Å². The van der Waals surface area contributed by atoms with E-state index >= 15 is 0 Å². The highest BCUT2D eigenvalue weighted by atomic mass is 19.4. The van der Waals surface area contributed by atoms with Gasteiger partial charge in [0.1, 0.15) is 17.0 Å². The lowest BCUT2D eigenvalue weighted by Gasteiger charge is -2.11. The van der Waals surface area contributed by atoms with Crippen LogP contribution in [-0.4, -0.2) is 37.6 Å². The van der Waals surface area contributed by atoms with E-state index in [4.69, 9.17) is 14.9 Å². The number of imidazole rings is 1. The number of carbonyl (C=O) groups is 1. The predicted molar refractivity (Wildman–Crippen MR) is 125 cm³/mol. The van der Waals surface area contributed by atoms with Crippen molar-refractivity contribution in [2.24, 2.45) is 5.73 Å². The second-order valence-electron chi connectivity index (χ2n) is 8.09. The van der Waals surface area contributed by atoms with E-state index < -0.39 is 29.5 Å². The zero-order valence-corrected chi connectivity index (χ0v) is 19.9. The summed E-state index contributed by atoms with van der Waals surface area (Å²) in [6.45, 7) is 3.25. The molecule has 1 atom stereocenters. The van der Waals surface area contributed by atoms with E-state index in [1.807, 2.05) is 0 Å². The fraction of sp³-hybridized carbons (Fsp3) is 0.304. The Hall–Kier alpha value is -4.33. The second kappa shape index (κ2) is 9.61. The third kappa shape index (κ3) is 4.74. The first kappa shape index (κ1) is 25.8. The third-order valence-electron chi connectivity index (χ3n) is 5.61. The van der Waals surface area contributed by atoms with E-state index in [0.29, 0.717) is 0 Å². The molecule has 0 fully saturated rings. The molecule has 11 nitrogen and oxygen atoms in total. The molecule has 3 aromatic heterocycles. The number of ether oxygens (including phenoxy) is 1. The number of benzene rings is 1. The van der Waals surface area contributed by atoms with Gasteiger partial charge in [0, 0.05) is 17.5 Å². The fourth-order valence-electron chi connectivity index (χ4n) is 3.80. The zero-order valence-electron chi connectivity index (χ0n) is 19.9. The van der Waals surface area contributed by atoms with Gasteiger partial charge < -0.3 is 30.3 Å². The average Bonchev–Trinajstić information content (AvgIpc) is 3.41. The number of nitrogens with two attached hydrogens (primary N) is 1. The van der Waals surface area contributed by atoms with Crippen molar-refractivity contribution in [2.75, 3.05) is 7.11 Å². The summed E-state index contributed by atoms with van der Waals surface area (Å²) in [6.07, 6.45) is -4.66. The Balaban J connectivity index is 1.73. The number of pyridine rings is 1. The van der Waals surface area contributed by atoms with Crippen molar-refractivity contribution >= 4 is 16.8 Å². The van der Waals surface area contributed by atoms with E-state index in [1.165, 1.54) is 25.3 Å². The number of hydrogen-bond acceptors (Lipinski definition) is 8. The highest BCUT2D eigenvalue weighted by Crippen LogP contribution is 2.37. The Morgan fingerprint density at radius 1 is 1.30 bits per heavy atom. The average molecular weight is 520 g/mol. The van der Waals surface area contributed by atoms with Gasteiger partial charge in [-0.3, -0.25) is 9.36 Å². The summed E-state index contributed by atoms with van der Waals surface area (Å²) < 4.78 is 51.8. The van der Waals surface area contributed by atoms with Crippen LogP contribution >= 0.6 is 0 Å². The van der Waals surface area contributed by atoms with Crippen molar-refractivity contribution in [1.29, 1.82) is 0 Å². The quantitative estimate of drug-likeness (QED) is 0.289. The van der Waals surface area contributed by atoms with Gasteiger partial charge in [0.2, 0.25) is 11.8 Å². The minimum Gasteiger partial charge on any atom is -0.494 e. The Kier molecular flexibility index (Phi) is 6.69. The number of hydrogen-bond donors (Lipinski definition) is 4. The number of nitrogens with zero attached hydrogens (tertiary/aromatic N) is 3. The lowest BCUT2D eigenvalue weighted by atomic mass is 10.1. The van der Waals surface area contributed by atoms with Crippen LogP contribution in [-0.2, 0) is 19.3 Å². The van der Waals surface area contributed by atoms with Gasteiger partial charge >= 0.3 is 11.9 Å². The predicted octanol–water partition coefficient (Wildman–Crippen LogP) is 3.08. The first-order valence-electron chi connectivity index (χ1n) is 11.1. The zero-order chi connectivity index (χ0) is 27.1. The molecule has 14 heteroatoms. The number of methoxy groups -OCH3 is 1. The fourth-order valence-corrected chi connectivity index (χ4v) is 3.80. The number of amides is 1. The van der Waals surface area contributed by atoms with Gasteiger partial charge in [0.15, 0.2) is 11.5 Å². The molecule has 5 N–H and O–H groups in total. The number of aromatic hydroxyl groups is 1. The van der Waals surface area contributed by atoms with Gasteiger partial charge in [-0.25, -0.2) is 14.8 Å². The van der Waals surface area contributed by atoms with E-state index in [1.54, 1.807) is 13.8 Å². The van der Waals surface area contributed by atoms with Crippen molar-refractivity contribution in [2.45, 2.75) is 39.2 Å². The number of carbonyl (C=O) groups excluding carboxylic acids is 1. The lowest BCUT2D eigenvalue weighted by molar-refractivity contribution is -0.140. The number of oxazole rings is 1. The number of alkyl halides is 3. The number of rotatable bonds is 7. The van der Waals surface area contributed by atoms with Crippen molar-refractivity contribution < 1.29 is 32.2 Å². The number of aromatic amines is 1. The molecule has 0 aliphatic rings. The van der Waals surface area contributed by atoms with E-state index in [2.05, 4.69) is 20.3 Å². The van der Waals surface area contributed by atoms with Crippen LogP contribution in [0, 0.1) is 0 Å². The number of H-pyrrole nitrogens is 1. The lowest BCUT2D eigenvalue weighted by Crippen LogP contribution is -2.25. The van der Waals surface area contributed by atoms with Crippen molar-refractivity contribution in [3.05, 3.63) is 57.6 Å². The molecule has 0 unspecified atom stereocenters. The summed E-state index contributed by atoms with van der Waals surface area (Å²) >= 11 is 0. The number of halogens is 3. The molecule has 0 aliphatic carbocycles. The molecule has 0 aliphatic heterocycles. The Morgan fingerprint density at radius 3 is 2.62 bits per heavy atom. The summed E-state index contributed by atoms with van der Waals surface area (Å²) in [5.41, 5.74) is 4.48. The first-order valence-corrected chi connectivity index (χ1v) is 11.1. The highest BCUT2D eigenvalue weighted by Gasteiger charge is 2.33. The van der Waals surface area contributed by atoms with Crippen molar-refractivity contribution in [3.63, 3.8) is 0 Å². The van der Waals surface area contributed by atoms with E-state index in [9.17, 15) is 27.9 Å². The normalized spacial score (nSPS) is 12.6. The summed E-state index contributed by atoms with van der Waals surface area (Å²) in [6, 6.07) is 4.21.